The number of halogens is 1. The van der Waals surface area contributed by atoms with E-state index in [2.05, 4.69) is 15.9 Å². The van der Waals surface area contributed by atoms with Crippen molar-refractivity contribution in [3.8, 4) is 5.75 Å². The molecule has 0 aliphatic carbocycles. The summed E-state index contributed by atoms with van der Waals surface area (Å²) in [6.45, 7) is 2.36. The van der Waals surface area contributed by atoms with Crippen molar-refractivity contribution < 1.29 is 9.52 Å². The molecule has 80 valence electrons. The highest BCUT2D eigenvalue weighted by Crippen LogP contribution is 2.36. The molecule has 1 aromatic heterocycles. The van der Waals surface area contributed by atoms with Crippen LogP contribution in [0.3, 0.4) is 0 Å². The van der Waals surface area contributed by atoms with Crippen LogP contribution in [-0.4, -0.2) is 11.7 Å². The van der Waals surface area contributed by atoms with Crippen molar-refractivity contribution in [3.05, 3.63) is 27.9 Å². The standard InChI is InChI=1S/C11H12BrNO2/c1-6-4-8-9(12)5-7(2-3-13)10(14)11(8)15-6/h4-5,14H,2-3,13H2,1H3. The van der Waals surface area contributed by atoms with Crippen LogP contribution in [0.25, 0.3) is 11.0 Å². The third-order valence-corrected chi connectivity index (χ3v) is 3.00. The van der Waals surface area contributed by atoms with Crippen LogP contribution in [-0.2, 0) is 6.42 Å². The van der Waals surface area contributed by atoms with E-state index in [0.29, 0.717) is 18.5 Å². The molecule has 0 unspecified atom stereocenters. The second kappa shape index (κ2) is 3.87. The van der Waals surface area contributed by atoms with Crippen LogP contribution < -0.4 is 5.73 Å². The zero-order valence-electron chi connectivity index (χ0n) is 8.38. The van der Waals surface area contributed by atoms with Gasteiger partial charge in [0.1, 0.15) is 5.76 Å². The third kappa shape index (κ3) is 1.75. The summed E-state index contributed by atoms with van der Waals surface area (Å²) in [6.07, 6.45) is 0.639. The molecule has 0 fully saturated rings. The maximum absolute atomic E-state index is 9.95. The molecule has 1 aromatic carbocycles. The molecule has 0 atom stereocenters. The predicted octanol–water partition coefficient (Wildman–Crippen LogP) is 2.71. The Morgan fingerprint density at radius 1 is 1.47 bits per heavy atom. The van der Waals surface area contributed by atoms with Crippen LogP contribution in [0, 0.1) is 6.92 Å². The van der Waals surface area contributed by atoms with Gasteiger partial charge in [0, 0.05) is 15.4 Å². The van der Waals surface area contributed by atoms with Gasteiger partial charge < -0.3 is 15.3 Å². The first-order valence-electron chi connectivity index (χ1n) is 4.74. The molecule has 15 heavy (non-hydrogen) atoms. The molecule has 0 amide bonds. The molecule has 0 bridgehead atoms. The molecule has 4 heteroatoms. The smallest absolute Gasteiger partial charge is 0.177 e. The largest absolute Gasteiger partial charge is 0.504 e. The zero-order chi connectivity index (χ0) is 11.0. The van der Waals surface area contributed by atoms with Gasteiger partial charge in [0.15, 0.2) is 11.3 Å². The van der Waals surface area contributed by atoms with E-state index >= 15 is 0 Å². The maximum Gasteiger partial charge on any atom is 0.177 e. The van der Waals surface area contributed by atoms with Gasteiger partial charge in [0.2, 0.25) is 0 Å². The minimum absolute atomic E-state index is 0.201. The molecular formula is C11H12BrNO2. The molecule has 0 saturated heterocycles. The van der Waals surface area contributed by atoms with Gasteiger partial charge >= 0.3 is 0 Å². The van der Waals surface area contributed by atoms with Gasteiger partial charge in [-0.1, -0.05) is 15.9 Å². The molecule has 0 aliphatic heterocycles. The minimum Gasteiger partial charge on any atom is -0.504 e. The molecule has 2 rings (SSSR count). The SMILES string of the molecule is Cc1cc2c(Br)cc(CCN)c(O)c2o1. The lowest BCUT2D eigenvalue weighted by atomic mass is 10.1. The average molecular weight is 270 g/mol. The Labute approximate surface area is 96.0 Å². The molecule has 3 nitrogen and oxygen atoms in total. The Balaban J connectivity index is 2.71. The Kier molecular flexibility index (Phi) is 2.71. The second-order valence-corrected chi connectivity index (χ2v) is 4.36. The van der Waals surface area contributed by atoms with Crippen molar-refractivity contribution >= 4 is 26.9 Å². The molecular weight excluding hydrogens is 258 g/mol. The molecule has 0 radical (unpaired) electrons. The van der Waals surface area contributed by atoms with Crippen molar-refractivity contribution in [3.63, 3.8) is 0 Å². The number of hydrogen-bond donors (Lipinski definition) is 2. The predicted molar refractivity (Wildman–Crippen MR) is 63.1 cm³/mol. The fourth-order valence-corrected chi connectivity index (χ4v) is 2.23. The third-order valence-electron chi connectivity index (χ3n) is 2.35. The number of nitrogens with two attached hydrogens (primary N) is 1. The number of aryl methyl sites for hydroxylation is 1. The van der Waals surface area contributed by atoms with Gasteiger partial charge in [-0.05, 0) is 32.0 Å². The highest BCUT2D eigenvalue weighted by molar-refractivity contribution is 9.10. The first kappa shape index (κ1) is 10.5. The number of furan rings is 1. The fraction of sp³-hybridized carbons (Fsp3) is 0.273. The van der Waals surface area contributed by atoms with Gasteiger partial charge in [-0.15, -0.1) is 0 Å². The van der Waals surface area contributed by atoms with E-state index in [0.717, 1.165) is 21.2 Å². The summed E-state index contributed by atoms with van der Waals surface area (Å²) in [7, 11) is 0. The summed E-state index contributed by atoms with van der Waals surface area (Å²) < 4.78 is 6.37. The van der Waals surface area contributed by atoms with Crippen LogP contribution in [0.1, 0.15) is 11.3 Å². The lowest BCUT2D eigenvalue weighted by Crippen LogP contribution is -2.02. The summed E-state index contributed by atoms with van der Waals surface area (Å²) in [5.74, 6) is 0.984. The summed E-state index contributed by atoms with van der Waals surface area (Å²) in [4.78, 5) is 0. The fourth-order valence-electron chi connectivity index (χ4n) is 1.66. The quantitative estimate of drug-likeness (QED) is 0.882. The Morgan fingerprint density at radius 3 is 2.87 bits per heavy atom. The van der Waals surface area contributed by atoms with Gasteiger partial charge in [0.25, 0.3) is 0 Å². The van der Waals surface area contributed by atoms with Gasteiger partial charge in [0.05, 0.1) is 0 Å². The highest BCUT2D eigenvalue weighted by atomic mass is 79.9. The van der Waals surface area contributed by atoms with Crippen LogP contribution in [0.2, 0.25) is 0 Å². The van der Waals surface area contributed by atoms with E-state index in [4.69, 9.17) is 10.2 Å². The molecule has 3 N–H and O–H groups in total. The van der Waals surface area contributed by atoms with E-state index in [1.807, 2.05) is 19.1 Å². The zero-order valence-corrected chi connectivity index (χ0v) is 9.97. The molecule has 1 heterocycles. The Hall–Kier alpha value is -1.00. The first-order valence-corrected chi connectivity index (χ1v) is 5.53. The lowest BCUT2D eigenvalue weighted by molar-refractivity contribution is 0.455. The number of phenols is 1. The van der Waals surface area contributed by atoms with Crippen molar-refractivity contribution in [2.24, 2.45) is 5.73 Å². The van der Waals surface area contributed by atoms with E-state index in [9.17, 15) is 5.11 Å². The normalized spacial score (nSPS) is 11.1. The topological polar surface area (TPSA) is 59.4 Å². The molecule has 0 saturated carbocycles. The number of hydrogen-bond acceptors (Lipinski definition) is 3. The van der Waals surface area contributed by atoms with E-state index in [1.165, 1.54) is 0 Å². The molecule has 2 aromatic rings. The van der Waals surface area contributed by atoms with Crippen LogP contribution in [0.4, 0.5) is 0 Å². The summed E-state index contributed by atoms with van der Waals surface area (Å²) >= 11 is 3.45. The average Bonchev–Trinajstić information content (AvgIpc) is 2.57. The summed E-state index contributed by atoms with van der Waals surface area (Å²) in [6, 6.07) is 3.78. The highest BCUT2D eigenvalue weighted by Gasteiger charge is 2.13. The lowest BCUT2D eigenvalue weighted by Gasteiger charge is -2.04. The van der Waals surface area contributed by atoms with Crippen LogP contribution in [0.5, 0.6) is 5.75 Å². The summed E-state index contributed by atoms with van der Waals surface area (Å²) in [5.41, 5.74) is 6.82. The van der Waals surface area contributed by atoms with Gasteiger partial charge in [-0.25, -0.2) is 0 Å². The number of phenolic OH excluding ortho intramolecular Hbond substituents is 1. The minimum atomic E-state index is 0.201. The number of fused-ring (bicyclic) bond motifs is 1. The van der Waals surface area contributed by atoms with Crippen molar-refractivity contribution in [1.82, 2.24) is 0 Å². The number of rotatable bonds is 2. The molecule has 0 spiro atoms. The Morgan fingerprint density at radius 2 is 2.20 bits per heavy atom. The monoisotopic (exact) mass is 269 g/mol. The van der Waals surface area contributed by atoms with Crippen molar-refractivity contribution in [2.75, 3.05) is 6.54 Å². The van der Waals surface area contributed by atoms with E-state index in [1.54, 1.807) is 0 Å². The van der Waals surface area contributed by atoms with Crippen molar-refractivity contribution in [2.45, 2.75) is 13.3 Å². The van der Waals surface area contributed by atoms with E-state index < -0.39 is 0 Å². The van der Waals surface area contributed by atoms with Crippen LogP contribution >= 0.6 is 15.9 Å². The number of benzene rings is 1. The molecule has 0 aliphatic rings. The van der Waals surface area contributed by atoms with Gasteiger partial charge in [-0.3, -0.25) is 0 Å². The van der Waals surface area contributed by atoms with Crippen LogP contribution in [0.15, 0.2) is 21.0 Å². The van der Waals surface area contributed by atoms with Gasteiger partial charge in [-0.2, -0.15) is 0 Å². The first-order chi connectivity index (χ1) is 7.13. The second-order valence-electron chi connectivity index (χ2n) is 3.50. The summed E-state index contributed by atoms with van der Waals surface area (Å²) in [5, 5.41) is 10.8. The van der Waals surface area contributed by atoms with Crippen molar-refractivity contribution in [1.29, 1.82) is 0 Å². The number of aromatic hydroxyl groups is 1. The Bertz CT molecular complexity index is 505. The maximum atomic E-state index is 9.95. The van der Waals surface area contributed by atoms with E-state index in [-0.39, 0.29) is 5.75 Å².